The molecule has 0 atom stereocenters. The lowest BCUT2D eigenvalue weighted by atomic mass is 10.2. The summed E-state index contributed by atoms with van der Waals surface area (Å²) in [5, 5.41) is 5.60. The maximum absolute atomic E-state index is 12.4. The summed E-state index contributed by atoms with van der Waals surface area (Å²) in [5.41, 5.74) is 0.523. The van der Waals surface area contributed by atoms with Crippen molar-refractivity contribution >= 4 is 16.0 Å². The Labute approximate surface area is 133 Å². The van der Waals surface area contributed by atoms with Crippen LogP contribution in [0.25, 0.3) is 0 Å². The number of carbonyl (C=O) groups excluding carboxylic acids is 1. The molecule has 2 N–H and O–H groups in total. The molecule has 0 bridgehead atoms. The van der Waals surface area contributed by atoms with Crippen molar-refractivity contribution in [3.63, 3.8) is 0 Å². The fraction of sp³-hybridized carbons (Fsp3) is 0.286. The average molecular weight is 339 g/mol. The van der Waals surface area contributed by atoms with Crippen molar-refractivity contribution in [2.75, 3.05) is 13.7 Å². The van der Waals surface area contributed by atoms with E-state index in [9.17, 15) is 13.2 Å². The zero-order valence-corrected chi connectivity index (χ0v) is 13.5. The first kappa shape index (κ1) is 17.0. The SMILES string of the molecule is CCOC(=O)c1cn[nH]c1S(=O)(=O)NCc1ccccc1OC. The lowest BCUT2D eigenvalue weighted by Crippen LogP contribution is -2.25. The summed E-state index contributed by atoms with van der Waals surface area (Å²) >= 11 is 0. The van der Waals surface area contributed by atoms with E-state index in [1.54, 1.807) is 31.2 Å². The topological polar surface area (TPSA) is 110 Å². The molecule has 0 saturated carbocycles. The first-order chi connectivity index (χ1) is 11.0. The van der Waals surface area contributed by atoms with Crippen LogP contribution in [0.15, 0.2) is 35.5 Å². The molecule has 0 unspecified atom stereocenters. The van der Waals surface area contributed by atoms with Crippen molar-refractivity contribution < 1.29 is 22.7 Å². The zero-order chi connectivity index (χ0) is 16.9. The maximum Gasteiger partial charge on any atom is 0.342 e. The standard InChI is InChI=1S/C14H17N3O5S/c1-3-22-14(18)11-9-15-17-13(11)23(19,20)16-8-10-6-4-5-7-12(10)21-2/h4-7,9,16H,3,8H2,1-2H3,(H,15,17). The molecule has 1 aromatic carbocycles. The Morgan fingerprint density at radius 1 is 1.35 bits per heavy atom. The molecule has 1 heterocycles. The van der Waals surface area contributed by atoms with E-state index in [1.165, 1.54) is 7.11 Å². The number of nitrogens with one attached hydrogen (secondary N) is 2. The van der Waals surface area contributed by atoms with Crippen LogP contribution < -0.4 is 9.46 Å². The molecule has 0 fully saturated rings. The number of benzene rings is 1. The lowest BCUT2D eigenvalue weighted by Gasteiger charge is -2.10. The number of aromatic amines is 1. The van der Waals surface area contributed by atoms with Crippen LogP contribution in [0.4, 0.5) is 0 Å². The summed E-state index contributed by atoms with van der Waals surface area (Å²) in [5.74, 6) is -0.190. The van der Waals surface area contributed by atoms with Crippen molar-refractivity contribution in [1.29, 1.82) is 0 Å². The molecular formula is C14H17N3O5S. The van der Waals surface area contributed by atoms with Gasteiger partial charge in [0, 0.05) is 12.1 Å². The van der Waals surface area contributed by atoms with Crippen LogP contribution in [-0.4, -0.2) is 38.3 Å². The van der Waals surface area contributed by atoms with Gasteiger partial charge in [-0.05, 0) is 13.0 Å². The second-order valence-corrected chi connectivity index (χ2v) is 6.17. The van der Waals surface area contributed by atoms with Gasteiger partial charge in [0.2, 0.25) is 0 Å². The van der Waals surface area contributed by atoms with E-state index in [0.29, 0.717) is 11.3 Å². The molecule has 0 amide bonds. The van der Waals surface area contributed by atoms with Gasteiger partial charge < -0.3 is 9.47 Å². The second kappa shape index (κ2) is 7.25. The van der Waals surface area contributed by atoms with E-state index in [0.717, 1.165) is 6.20 Å². The lowest BCUT2D eigenvalue weighted by molar-refractivity contribution is 0.0522. The van der Waals surface area contributed by atoms with E-state index in [4.69, 9.17) is 9.47 Å². The van der Waals surface area contributed by atoms with Crippen LogP contribution in [0.5, 0.6) is 5.75 Å². The van der Waals surface area contributed by atoms with E-state index in [2.05, 4.69) is 14.9 Å². The second-order valence-electron chi connectivity index (χ2n) is 4.47. The summed E-state index contributed by atoms with van der Waals surface area (Å²) in [6, 6.07) is 7.02. The molecule has 0 saturated heterocycles. The normalized spacial score (nSPS) is 11.2. The van der Waals surface area contributed by atoms with Gasteiger partial charge in [-0.3, -0.25) is 5.10 Å². The predicted molar refractivity (Wildman–Crippen MR) is 81.6 cm³/mol. The number of hydrogen-bond donors (Lipinski definition) is 2. The summed E-state index contributed by atoms with van der Waals surface area (Å²) in [6.07, 6.45) is 1.12. The number of methoxy groups -OCH3 is 1. The number of nitrogens with zero attached hydrogens (tertiary/aromatic N) is 1. The molecule has 0 aliphatic heterocycles. The van der Waals surface area contributed by atoms with Crippen LogP contribution in [0, 0.1) is 0 Å². The van der Waals surface area contributed by atoms with Gasteiger partial charge in [-0.15, -0.1) is 0 Å². The molecule has 0 aliphatic rings. The molecule has 0 radical (unpaired) electrons. The summed E-state index contributed by atoms with van der Waals surface area (Å²) in [6.45, 7) is 1.78. The van der Waals surface area contributed by atoms with Crippen LogP contribution in [0.2, 0.25) is 0 Å². The number of aromatic nitrogens is 2. The largest absolute Gasteiger partial charge is 0.496 e. The number of esters is 1. The fourth-order valence-corrected chi connectivity index (χ4v) is 3.02. The van der Waals surface area contributed by atoms with Gasteiger partial charge in [-0.25, -0.2) is 17.9 Å². The van der Waals surface area contributed by atoms with Gasteiger partial charge in [0.25, 0.3) is 10.0 Å². The minimum Gasteiger partial charge on any atom is -0.496 e. The van der Waals surface area contributed by atoms with Crippen LogP contribution in [-0.2, 0) is 21.3 Å². The number of rotatable bonds is 7. The van der Waals surface area contributed by atoms with Gasteiger partial charge in [-0.1, -0.05) is 18.2 Å². The minimum atomic E-state index is -3.96. The average Bonchev–Trinajstić information content (AvgIpc) is 3.04. The highest BCUT2D eigenvalue weighted by Crippen LogP contribution is 2.18. The minimum absolute atomic E-state index is 0.00757. The molecule has 2 rings (SSSR count). The smallest absolute Gasteiger partial charge is 0.342 e. The number of para-hydroxylation sites is 1. The van der Waals surface area contributed by atoms with Crippen molar-refractivity contribution in [2.45, 2.75) is 18.5 Å². The first-order valence-electron chi connectivity index (χ1n) is 6.81. The highest BCUT2D eigenvalue weighted by atomic mass is 32.2. The summed E-state index contributed by atoms with van der Waals surface area (Å²) in [4.78, 5) is 11.8. The van der Waals surface area contributed by atoms with Crippen molar-refractivity contribution in [3.8, 4) is 5.75 Å². The Morgan fingerprint density at radius 3 is 2.78 bits per heavy atom. The van der Waals surface area contributed by atoms with Crippen LogP contribution in [0.1, 0.15) is 22.8 Å². The van der Waals surface area contributed by atoms with Crippen molar-refractivity contribution in [1.82, 2.24) is 14.9 Å². The van der Waals surface area contributed by atoms with E-state index in [-0.39, 0.29) is 23.7 Å². The van der Waals surface area contributed by atoms with Crippen LogP contribution in [0.3, 0.4) is 0 Å². The Bertz CT molecular complexity index is 785. The Balaban J connectivity index is 2.20. The summed E-state index contributed by atoms with van der Waals surface area (Å²) in [7, 11) is -2.46. The maximum atomic E-state index is 12.4. The van der Waals surface area contributed by atoms with Gasteiger partial charge in [0.1, 0.15) is 11.3 Å². The third-order valence-corrected chi connectivity index (χ3v) is 4.39. The molecule has 0 aliphatic carbocycles. The number of sulfonamides is 1. The molecule has 2 aromatic rings. The van der Waals surface area contributed by atoms with Crippen LogP contribution >= 0.6 is 0 Å². The third kappa shape index (κ3) is 3.88. The third-order valence-electron chi connectivity index (χ3n) is 3.01. The fourth-order valence-electron chi connectivity index (χ4n) is 1.93. The number of hydrogen-bond acceptors (Lipinski definition) is 6. The number of ether oxygens (including phenoxy) is 2. The first-order valence-corrected chi connectivity index (χ1v) is 8.30. The monoisotopic (exact) mass is 339 g/mol. The molecule has 0 spiro atoms. The van der Waals surface area contributed by atoms with Crippen molar-refractivity contribution in [2.24, 2.45) is 0 Å². The molecule has 1 aromatic heterocycles. The Hall–Kier alpha value is -2.39. The number of carbonyl (C=O) groups is 1. The Morgan fingerprint density at radius 2 is 2.09 bits per heavy atom. The summed E-state index contributed by atoms with van der Waals surface area (Å²) < 4.78 is 37.1. The van der Waals surface area contributed by atoms with Gasteiger partial charge in [0.15, 0.2) is 5.03 Å². The highest BCUT2D eigenvalue weighted by molar-refractivity contribution is 7.89. The van der Waals surface area contributed by atoms with Gasteiger partial charge in [0.05, 0.1) is 19.9 Å². The van der Waals surface area contributed by atoms with Gasteiger partial charge >= 0.3 is 5.97 Å². The quantitative estimate of drug-likeness (QED) is 0.730. The zero-order valence-electron chi connectivity index (χ0n) is 12.7. The number of H-pyrrole nitrogens is 1. The van der Waals surface area contributed by atoms with Crippen molar-refractivity contribution in [3.05, 3.63) is 41.6 Å². The Kier molecular flexibility index (Phi) is 5.35. The van der Waals surface area contributed by atoms with E-state index < -0.39 is 16.0 Å². The molecule has 23 heavy (non-hydrogen) atoms. The predicted octanol–water partition coefficient (Wildman–Crippen LogP) is 1.07. The molecule has 8 nitrogen and oxygen atoms in total. The molecular weight excluding hydrogens is 322 g/mol. The van der Waals surface area contributed by atoms with E-state index in [1.807, 2.05) is 0 Å². The molecule has 124 valence electrons. The highest BCUT2D eigenvalue weighted by Gasteiger charge is 2.25. The van der Waals surface area contributed by atoms with Gasteiger partial charge in [-0.2, -0.15) is 5.10 Å². The molecule has 9 heteroatoms. The van der Waals surface area contributed by atoms with E-state index >= 15 is 0 Å².